The van der Waals surface area contributed by atoms with E-state index in [-0.39, 0.29) is 11.8 Å². The molecule has 30 heavy (non-hydrogen) atoms. The van der Waals surface area contributed by atoms with E-state index in [0.717, 1.165) is 54.6 Å². The van der Waals surface area contributed by atoms with Crippen molar-refractivity contribution in [2.75, 3.05) is 18.4 Å². The lowest BCUT2D eigenvalue weighted by atomic mass is 9.89. The fourth-order valence-corrected chi connectivity index (χ4v) is 4.36. The van der Waals surface area contributed by atoms with Gasteiger partial charge in [0.2, 0.25) is 5.91 Å². The first-order valence-electron chi connectivity index (χ1n) is 10.4. The number of carbonyl (C=O) groups is 1. The molecule has 2 N–H and O–H groups in total. The van der Waals surface area contributed by atoms with Crippen molar-refractivity contribution in [1.29, 1.82) is 0 Å². The number of nitrogens with one attached hydrogen (secondary N) is 2. The molecule has 0 radical (unpaired) electrons. The molecule has 1 aliphatic heterocycles. The van der Waals surface area contributed by atoms with E-state index in [1.54, 1.807) is 6.20 Å². The van der Waals surface area contributed by atoms with Gasteiger partial charge in [0.25, 0.3) is 0 Å². The number of halogens is 1. The van der Waals surface area contributed by atoms with Crippen molar-refractivity contribution < 1.29 is 4.79 Å². The molecule has 0 bridgehead atoms. The summed E-state index contributed by atoms with van der Waals surface area (Å²) in [5.74, 6) is 1.18. The number of amides is 1. The number of rotatable bonds is 5. The average Bonchev–Trinajstić information content (AvgIpc) is 3.48. The molecule has 5 rings (SSSR count). The number of anilines is 1. The second kappa shape index (κ2) is 7.85. The number of hydrogen-bond acceptors (Lipinski definition) is 4. The number of H-pyrrole nitrogens is 1. The minimum atomic E-state index is 0.0737. The molecule has 1 saturated carbocycles. The highest BCUT2D eigenvalue weighted by molar-refractivity contribution is 6.30. The predicted octanol–water partition coefficient (Wildman–Crippen LogP) is 4.50. The Morgan fingerprint density at radius 2 is 2.23 bits per heavy atom. The van der Waals surface area contributed by atoms with Crippen LogP contribution < -0.4 is 5.32 Å². The normalized spacial score (nSPS) is 19.7. The first-order chi connectivity index (χ1) is 14.6. The molecule has 0 aromatic carbocycles. The van der Waals surface area contributed by atoms with Crippen LogP contribution in [-0.2, 0) is 11.3 Å². The van der Waals surface area contributed by atoms with Gasteiger partial charge in [-0.15, -0.1) is 0 Å². The lowest BCUT2D eigenvalue weighted by Crippen LogP contribution is -2.33. The first-order valence-corrected chi connectivity index (χ1v) is 10.8. The van der Waals surface area contributed by atoms with Crippen LogP contribution in [0, 0.1) is 11.8 Å². The first kappa shape index (κ1) is 19.3. The molecule has 4 heterocycles. The topological polar surface area (TPSA) is 73.9 Å². The van der Waals surface area contributed by atoms with Crippen molar-refractivity contribution in [3.63, 3.8) is 0 Å². The Morgan fingerprint density at radius 3 is 3.00 bits per heavy atom. The third kappa shape index (κ3) is 3.85. The van der Waals surface area contributed by atoms with Crippen molar-refractivity contribution in [3.8, 4) is 0 Å². The van der Waals surface area contributed by atoms with E-state index in [1.807, 2.05) is 24.4 Å². The third-order valence-electron chi connectivity index (χ3n) is 5.90. The van der Waals surface area contributed by atoms with E-state index in [2.05, 4.69) is 44.2 Å². The second-order valence-corrected chi connectivity index (χ2v) is 8.62. The average molecular weight is 422 g/mol. The van der Waals surface area contributed by atoms with Crippen LogP contribution >= 0.6 is 11.6 Å². The van der Waals surface area contributed by atoms with Crippen molar-refractivity contribution in [3.05, 3.63) is 59.0 Å². The zero-order chi connectivity index (χ0) is 20.7. The number of aromatic nitrogens is 3. The van der Waals surface area contributed by atoms with Gasteiger partial charge in [-0.3, -0.25) is 9.69 Å². The number of hydrogen-bond donors (Lipinski definition) is 2. The lowest BCUT2D eigenvalue weighted by molar-refractivity contribution is -0.117. The SMILES string of the molecule is CC1CN(Cc2cccnc2Cl)CC=C1c1cc(NC(=O)C2CC2)nc2[nH]ccc12. The molecule has 3 aromatic heterocycles. The van der Waals surface area contributed by atoms with Crippen LogP contribution in [0.15, 0.2) is 42.7 Å². The van der Waals surface area contributed by atoms with Gasteiger partial charge in [0.1, 0.15) is 16.6 Å². The monoisotopic (exact) mass is 421 g/mol. The van der Waals surface area contributed by atoms with Gasteiger partial charge in [-0.25, -0.2) is 9.97 Å². The van der Waals surface area contributed by atoms with E-state index in [4.69, 9.17) is 11.6 Å². The smallest absolute Gasteiger partial charge is 0.228 e. The molecule has 1 unspecified atom stereocenters. The molecule has 0 spiro atoms. The summed E-state index contributed by atoms with van der Waals surface area (Å²) in [5, 5.41) is 4.65. The minimum Gasteiger partial charge on any atom is -0.346 e. The molecule has 6 nitrogen and oxygen atoms in total. The van der Waals surface area contributed by atoms with Gasteiger partial charge in [0, 0.05) is 48.9 Å². The van der Waals surface area contributed by atoms with E-state index in [0.29, 0.717) is 16.9 Å². The molecule has 3 aromatic rings. The maximum atomic E-state index is 12.2. The van der Waals surface area contributed by atoms with Crippen LogP contribution in [0.2, 0.25) is 5.15 Å². The van der Waals surface area contributed by atoms with Crippen molar-refractivity contribution in [2.45, 2.75) is 26.3 Å². The van der Waals surface area contributed by atoms with E-state index in [1.165, 1.54) is 5.57 Å². The highest BCUT2D eigenvalue weighted by Gasteiger charge is 2.30. The Morgan fingerprint density at radius 1 is 1.37 bits per heavy atom. The minimum absolute atomic E-state index is 0.0737. The molecule has 7 heteroatoms. The Balaban J connectivity index is 1.41. The van der Waals surface area contributed by atoms with Gasteiger partial charge in [-0.05, 0) is 48.1 Å². The van der Waals surface area contributed by atoms with Crippen LogP contribution in [0.1, 0.15) is 30.9 Å². The molecule has 0 saturated heterocycles. The standard InChI is InChI=1S/C23H24ClN5O/c1-14-12-29(13-16-3-2-8-25-21(16)24)10-7-17(14)19-11-20(28-23(30)15-4-5-15)27-22-18(19)6-9-26-22/h2-3,6-9,11,14-15H,4-5,10,12-13H2,1H3,(H2,26,27,28,30). The zero-order valence-electron chi connectivity index (χ0n) is 16.9. The summed E-state index contributed by atoms with van der Waals surface area (Å²) in [6, 6.07) is 8.03. The van der Waals surface area contributed by atoms with Crippen molar-refractivity contribution in [2.24, 2.45) is 11.8 Å². The largest absolute Gasteiger partial charge is 0.346 e. The summed E-state index contributed by atoms with van der Waals surface area (Å²) < 4.78 is 0. The van der Waals surface area contributed by atoms with Crippen molar-refractivity contribution in [1.82, 2.24) is 19.9 Å². The maximum Gasteiger partial charge on any atom is 0.228 e. The molecule has 1 atom stereocenters. The van der Waals surface area contributed by atoms with Crippen LogP contribution in [0.4, 0.5) is 5.82 Å². The summed E-state index contributed by atoms with van der Waals surface area (Å²) in [5.41, 5.74) is 4.28. The van der Waals surface area contributed by atoms with E-state index >= 15 is 0 Å². The fourth-order valence-electron chi connectivity index (χ4n) is 4.19. The van der Waals surface area contributed by atoms with Gasteiger partial charge >= 0.3 is 0 Å². The van der Waals surface area contributed by atoms with Crippen LogP contribution in [-0.4, -0.2) is 38.8 Å². The number of aromatic amines is 1. The zero-order valence-corrected chi connectivity index (χ0v) is 17.6. The van der Waals surface area contributed by atoms with E-state index < -0.39 is 0 Å². The van der Waals surface area contributed by atoms with Crippen LogP contribution in [0.5, 0.6) is 0 Å². The Hall–Kier alpha value is -2.70. The van der Waals surface area contributed by atoms with Gasteiger partial charge in [0.15, 0.2) is 0 Å². The molecule has 1 fully saturated rings. The van der Waals surface area contributed by atoms with Gasteiger partial charge in [-0.2, -0.15) is 0 Å². The van der Waals surface area contributed by atoms with E-state index in [9.17, 15) is 4.79 Å². The quantitative estimate of drug-likeness (QED) is 0.595. The summed E-state index contributed by atoms with van der Waals surface area (Å²) in [6.45, 7) is 4.78. The van der Waals surface area contributed by atoms with Gasteiger partial charge < -0.3 is 10.3 Å². The lowest BCUT2D eigenvalue weighted by Gasteiger charge is -2.31. The summed E-state index contributed by atoms with van der Waals surface area (Å²) in [6.07, 6.45) is 7.85. The maximum absolute atomic E-state index is 12.2. The number of pyridine rings is 2. The fraction of sp³-hybridized carbons (Fsp3) is 0.348. The number of carbonyl (C=O) groups excluding carboxylic acids is 1. The highest BCUT2D eigenvalue weighted by Crippen LogP contribution is 2.35. The molecule has 1 aliphatic carbocycles. The van der Waals surface area contributed by atoms with Crippen molar-refractivity contribution >= 4 is 39.9 Å². The highest BCUT2D eigenvalue weighted by atomic mass is 35.5. The van der Waals surface area contributed by atoms with Crippen LogP contribution in [0.3, 0.4) is 0 Å². The molecule has 154 valence electrons. The second-order valence-electron chi connectivity index (χ2n) is 8.27. The number of nitrogens with zero attached hydrogens (tertiary/aromatic N) is 3. The summed E-state index contributed by atoms with van der Waals surface area (Å²) >= 11 is 6.24. The summed E-state index contributed by atoms with van der Waals surface area (Å²) in [7, 11) is 0. The molecular weight excluding hydrogens is 398 g/mol. The summed E-state index contributed by atoms with van der Waals surface area (Å²) in [4.78, 5) is 26.6. The Bertz CT molecular complexity index is 1130. The third-order valence-corrected chi connectivity index (χ3v) is 6.24. The Labute approximate surface area is 180 Å². The Kier molecular flexibility index (Phi) is 5.05. The van der Waals surface area contributed by atoms with Gasteiger partial charge in [0.05, 0.1) is 0 Å². The number of fused-ring (bicyclic) bond motifs is 1. The van der Waals surface area contributed by atoms with Crippen LogP contribution in [0.25, 0.3) is 16.6 Å². The molecule has 1 amide bonds. The molecular formula is C23H24ClN5O. The predicted molar refractivity (Wildman–Crippen MR) is 119 cm³/mol. The van der Waals surface area contributed by atoms with Gasteiger partial charge in [-0.1, -0.05) is 30.7 Å². The molecule has 2 aliphatic rings.